The summed E-state index contributed by atoms with van der Waals surface area (Å²) in [6.07, 6.45) is -9.44. The molecule has 6 unspecified atom stereocenters. The Morgan fingerprint density at radius 1 is 0.389 bits per heavy atom. The van der Waals surface area contributed by atoms with Gasteiger partial charge in [0.15, 0.2) is 0 Å². The molecule has 0 aromatic heterocycles. The maximum atomic E-state index is 13.8. The summed E-state index contributed by atoms with van der Waals surface area (Å²) in [4.78, 5) is 0. The molecule has 0 fully saturated rings. The van der Waals surface area contributed by atoms with Crippen LogP contribution in [0, 0.1) is 0 Å². The summed E-state index contributed by atoms with van der Waals surface area (Å²) in [5.74, 6) is 0. The summed E-state index contributed by atoms with van der Waals surface area (Å²) in [6, 6.07) is 0. The number of halogens is 6. The monoisotopic (exact) mass is 597 g/mol. The second-order valence-corrected chi connectivity index (χ2v) is 14.8. The van der Waals surface area contributed by atoms with Crippen LogP contribution in [0.1, 0.15) is 41.5 Å². The van der Waals surface area contributed by atoms with E-state index in [1.54, 1.807) is 0 Å². The summed E-state index contributed by atoms with van der Waals surface area (Å²) in [7, 11) is -12.6. The predicted molar refractivity (Wildman–Crippen MR) is 127 cm³/mol. The quantitative estimate of drug-likeness (QED) is 0.117. The van der Waals surface area contributed by atoms with Crippen molar-refractivity contribution in [2.75, 3.05) is 39.6 Å². The zero-order valence-electron chi connectivity index (χ0n) is 21.1. The molecular formula is C18H36F6N3O6P3. The first-order chi connectivity index (χ1) is 16.6. The van der Waals surface area contributed by atoms with E-state index in [0.29, 0.717) is 0 Å². The highest BCUT2D eigenvalue weighted by Gasteiger charge is 2.44. The van der Waals surface area contributed by atoms with Crippen molar-refractivity contribution in [3.05, 3.63) is 0 Å². The van der Waals surface area contributed by atoms with Crippen molar-refractivity contribution >= 4 is 23.0 Å². The maximum absolute atomic E-state index is 13.8. The SMILES string of the molecule is CC(F)COP1(OCC(C)F)=NP(OCC(C)F)(OCC(C)F)=NP(OCC(C)F)(OCC(C)F)=N1. The van der Waals surface area contributed by atoms with Crippen LogP contribution < -0.4 is 0 Å². The zero-order valence-corrected chi connectivity index (χ0v) is 23.8. The summed E-state index contributed by atoms with van der Waals surface area (Å²) in [5.41, 5.74) is 0. The molecule has 0 saturated carbocycles. The van der Waals surface area contributed by atoms with Gasteiger partial charge in [0.25, 0.3) is 0 Å². The van der Waals surface area contributed by atoms with Gasteiger partial charge in [-0.3, -0.25) is 0 Å². The van der Waals surface area contributed by atoms with Crippen LogP contribution in [0.4, 0.5) is 26.3 Å². The van der Waals surface area contributed by atoms with Crippen LogP contribution in [-0.4, -0.2) is 76.7 Å². The fraction of sp³-hybridized carbons (Fsp3) is 1.00. The number of alkyl halides is 6. The Bertz CT molecular complexity index is 663. The molecule has 1 heterocycles. The van der Waals surface area contributed by atoms with Gasteiger partial charge in [-0.15, -0.1) is 13.5 Å². The van der Waals surface area contributed by atoms with Crippen LogP contribution >= 0.6 is 23.0 Å². The van der Waals surface area contributed by atoms with E-state index in [2.05, 4.69) is 13.5 Å². The standard InChI is InChI=1S/C18H36F6N3O6P3/c1-13(19)7-28-34(29-8-14(2)20)25-35(30-9-15(3)21,31-10-16(4)22)27-36(26-34,32-11-17(5)23)33-12-18(6)24/h13-18H,7-12H2,1-6H3. The average Bonchev–Trinajstić information content (AvgIpc) is 2.76. The van der Waals surface area contributed by atoms with Crippen molar-refractivity contribution in [3.8, 4) is 0 Å². The number of nitrogens with zero attached hydrogens (tertiary/aromatic N) is 3. The summed E-state index contributed by atoms with van der Waals surface area (Å²) in [5, 5.41) is 0. The molecule has 1 aliphatic rings. The fourth-order valence-corrected chi connectivity index (χ4v) is 12.0. The van der Waals surface area contributed by atoms with Crippen LogP contribution in [0.3, 0.4) is 0 Å². The fourth-order valence-electron chi connectivity index (χ4n) is 2.10. The van der Waals surface area contributed by atoms with Gasteiger partial charge in [0, 0.05) is 0 Å². The van der Waals surface area contributed by atoms with Gasteiger partial charge in [-0.05, 0) is 41.5 Å². The van der Waals surface area contributed by atoms with Crippen molar-refractivity contribution in [1.82, 2.24) is 0 Å². The highest BCUT2D eigenvalue weighted by atomic mass is 31.3. The third-order valence-electron chi connectivity index (χ3n) is 3.51. The number of hydrogen-bond acceptors (Lipinski definition) is 9. The third kappa shape index (κ3) is 12.7. The molecular weight excluding hydrogens is 561 g/mol. The predicted octanol–water partition coefficient (Wildman–Crippen LogP) is 8.09. The minimum absolute atomic E-state index is 0.653. The molecule has 0 saturated heterocycles. The van der Waals surface area contributed by atoms with Gasteiger partial charge < -0.3 is 27.1 Å². The first-order valence-electron chi connectivity index (χ1n) is 11.3. The van der Waals surface area contributed by atoms with Crippen molar-refractivity contribution in [2.45, 2.75) is 78.6 Å². The van der Waals surface area contributed by atoms with Crippen LogP contribution in [0.15, 0.2) is 13.5 Å². The van der Waals surface area contributed by atoms with Crippen molar-refractivity contribution in [2.24, 2.45) is 13.5 Å². The van der Waals surface area contributed by atoms with E-state index in [1.165, 1.54) is 0 Å². The van der Waals surface area contributed by atoms with Gasteiger partial charge in [0.05, 0.1) is 39.6 Å². The second-order valence-electron chi connectivity index (χ2n) is 8.20. The van der Waals surface area contributed by atoms with Crippen LogP contribution in [-0.2, 0) is 27.1 Å². The first kappa shape index (κ1) is 34.1. The molecule has 9 nitrogen and oxygen atoms in total. The smallest absolute Gasteiger partial charge is 0.303 e. The molecule has 0 radical (unpaired) electrons. The van der Waals surface area contributed by atoms with Crippen molar-refractivity contribution < 1.29 is 53.5 Å². The molecule has 0 spiro atoms. The van der Waals surface area contributed by atoms with Gasteiger partial charge in [-0.1, -0.05) is 0 Å². The van der Waals surface area contributed by atoms with E-state index in [1.807, 2.05) is 0 Å². The molecule has 0 aromatic carbocycles. The van der Waals surface area contributed by atoms with Crippen molar-refractivity contribution in [1.29, 1.82) is 0 Å². The second kappa shape index (κ2) is 15.6. The topological polar surface area (TPSA) is 92.5 Å². The van der Waals surface area contributed by atoms with E-state index in [0.717, 1.165) is 41.5 Å². The Morgan fingerprint density at radius 2 is 0.528 bits per heavy atom. The normalized spacial score (nSPS) is 31.3. The highest BCUT2D eigenvalue weighted by molar-refractivity contribution is 7.78. The van der Waals surface area contributed by atoms with Crippen LogP contribution in [0.5, 0.6) is 0 Å². The lowest BCUT2D eigenvalue weighted by atomic mass is 10.5. The molecule has 0 aromatic rings. The van der Waals surface area contributed by atoms with Crippen LogP contribution in [0.2, 0.25) is 0 Å². The van der Waals surface area contributed by atoms with Gasteiger partial charge in [0.2, 0.25) is 0 Å². The maximum Gasteiger partial charge on any atom is 0.349 e. The molecule has 1 rings (SSSR count). The van der Waals surface area contributed by atoms with Crippen LogP contribution in [0.25, 0.3) is 0 Å². The molecule has 0 N–H and O–H groups in total. The first-order valence-corrected chi connectivity index (χ1v) is 15.8. The van der Waals surface area contributed by atoms with Gasteiger partial charge >= 0.3 is 23.0 Å². The lowest BCUT2D eigenvalue weighted by molar-refractivity contribution is 0.143. The molecule has 0 aliphatic carbocycles. The van der Waals surface area contributed by atoms with E-state index in [4.69, 9.17) is 27.1 Å². The van der Waals surface area contributed by atoms with Gasteiger partial charge in [0.1, 0.15) is 37.0 Å². The largest absolute Gasteiger partial charge is 0.349 e. The summed E-state index contributed by atoms with van der Waals surface area (Å²) < 4.78 is 128. The Kier molecular flexibility index (Phi) is 14.7. The van der Waals surface area contributed by atoms with Gasteiger partial charge in [-0.25, -0.2) is 26.3 Å². The van der Waals surface area contributed by atoms with E-state index in [9.17, 15) is 26.3 Å². The Morgan fingerprint density at radius 3 is 0.639 bits per heavy atom. The Labute approximate surface area is 208 Å². The molecule has 0 bridgehead atoms. The number of hydrogen-bond donors (Lipinski definition) is 0. The highest BCUT2D eigenvalue weighted by Crippen LogP contribution is 2.80. The number of rotatable bonds is 18. The molecule has 18 heteroatoms. The average molecular weight is 597 g/mol. The Hall–Kier alpha value is 0.0300. The summed E-state index contributed by atoms with van der Waals surface area (Å²) >= 11 is 0. The molecule has 1 aliphatic heterocycles. The summed E-state index contributed by atoms with van der Waals surface area (Å²) in [6.45, 7) is 2.99. The zero-order chi connectivity index (χ0) is 27.6. The van der Waals surface area contributed by atoms with Gasteiger partial charge in [-0.2, -0.15) is 0 Å². The van der Waals surface area contributed by atoms with E-state index in [-0.39, 0.29) is 0 Å². The molecule has 0 amide bonds. The minimum atomic E-state index is -4.20. The van der Waals surface area contributed by atoms with Crippen molar-refractivity contribution in [3.63, 3.8) is 0 Å². The lowest BCUT2D eigenvalue weighted by Gasteiger charge is -2.34. The molecule has 6 atom stereocenters. The van der Waals surface area contributed by atoms with E-state index >= 15 is 0 Å². The molecule has 36 heavy (non-hydrogen) atoms. The third-order valence-corrected chi connectivity index (χ3v) is 11.9. The van der Waals surface area contributed by atoms with E-state index < -0.39 is 99.6 Å². The lowest BCUT2D eigenvalue weighted by Crippen LogP contribution is -2.15. The minimum Gasteiger partial charge on any atom is -0.303 e. The Balaban J connectivity index is 3.92. The molecule has 216 valence electrons.